The molecule has 92 valence electrons. The summed E-state index contributed by atoms with van der Waals surface area (Å²) >= 11 is 1.74. The van der Waals surface area contributed by atoms with Crippen LogP contribution in [-0.2, 0) is 4.79 Å². The minimum Gasteiger partial charge on any atom is -0.394 e. The Morgan fingerprint density at radius 2 is 2.19 bits per heavy atom. The van der Waals surface area contributed by atoms with Gasteiger partial charge >= 0.3 is 0 Å². The molecule has 0 bridgehead atoms. The van der Waals surface area contributed by atoms with Crippen LogP contribution in [0.1, 0.15) is 32.1 Å². The first-order valence-electron chi connectivity index (χ1n) is 6.00. The van der Waals surface area contributed by atoms with E-state index in [2.05, 4.69) is 10.6 Å². The molecule has 1 aliphatic carbocycles. The maximum absolute atomic E-state index is 12.0. The quantitative estimate of drug-likeness (QED) is 0.675. The molecule has 0 aromatic carbocycles. The molecule has 2 fully saturated rings. The molecule has 3 N–H and O–H groups in total. The van der Waals surface area contributed by atoms with Crippen molar-refractivity contribution in [3.8, 4) is 0 Å². The lowest BCUT2D eigenvalue weighted by Gasteiger charge is -2.37. The number of carbonyl (C=O) groups is 1. The first-order chi connectivity index (χ1) is 7.76. The van der Waals surface area contributed by atoms with E-state index in [9.17, 15) is 9.90 Å². The Kier molecular flexibility index (Phi) is 4.10. The lowest BCUT2D eigenvalue weighted by atomic mass is 9.82. The zero-order valence-corrected chi connectivity index (χ0v) is 10.3. The molecule has 2 rings (SSSR count). The summed E-state index contributed by atoms with van der Waals surface area (Å²) in [6.45, 7) is 0.0681. The molecule has 0 aromatic rings. The molecule has 1 atom stereocenters. The highest BCUT2D eigenvalue weighted by atomic mass is 32.2. The molecule has 5 heteroatoms. The molecule has 1 aliphatic heterocycles. The lowest BCUT2D eigenvalue weighted by molar-refractivity contribution is -0.125. The highest BCUT2D eigenvalue weighted by molar-refractivity contribution is 7.99. The van der Waals surface area contributed by atoms with Crippen LogP contribution in [0.5, 0.6) is 0 Å². The van der Waals surface area contributed by atoms with Gasteiger partial charge in [0.25, 0.3) is 0 Å². The summed E-state index contributed by atoms with van der Waals surface area (Å²) in [5, 5.41) is 15.7. The van der Waals surface area contributed by atoms with E-state index in [4.69, 9.17) is 0 Å². The molecule has 2 aliphatic rings. The summed E-state index contributed by atoms with van der Waals surface area (Å²) in [6, 6.07) is -0.0737. The van der Waals surface area contributed by atoms with E-state index < -0.39 is 0 Å². The van der Waals surface area contributed by atoms with Gasteiger partial charge in [-0.1, -0.05) is 19.3 Å². The Bertz CT molecular complexity index is 248. The lowest BCUT2D eigenvalue weighted by Crippen LogP contribution is -2.57. The van der Waals surface area contributed by atoms with Crippen LogP contribution in [0, 0.1) is 0 Å². The minimum atomic E-state index is -0.343. The average molecular weight is 244 g/mol. The topological polar surface area (TPSA) is 61.4 Å². The van der Waals surface area contributed by atoms with Crippen molar-refractivity contribution >= 4 is 17.7 Å². The number of hydrogen-bond donors (Lipinski definition) is 3. The molecule has 1 heterocycles. The minimum absolute atomic E-state index is 0.0564. The van der Waals surface area contributed by atoms with Gasteiger partial charge in [-0.15, -0.1) is 11.8 Å². The van der Waals surface area contributed by atoms with E-state index in [0.717, 1.165) is 37.3 Å². The van der Waals surface area contributed by atoms with Crippen molar-refractivity contribution in [2.45, 2.75) is 43.7 Å². The average Bonchev–Trinajstić information content (AvgIpc) is 2.84. The zero-order chi connectivity index (χ0) is 11.4. The molecule has 0 aromatic heterocycles. The number of aliphatic hydroxyl groups excluding tert-OH is 1. The number of rotatable bonds is 3. The van der Waals surface area contributed by atoms with E-state index in [1.165, 1.54) is 6.42 Å². The molecule has 1 unspecified atom stereocenters. The third kappa shape index (κ3) is 2.70. The van der Waals surface area contributed by atoms with Gasteiger partial charge in [0, 0.05) is 11.6 Å². The van der Waals surface area contributed by atoms with Crippen LogP contribution in [0.3, 0.4) is 0 Å². The van der Waals surface area contributed by atoms with Gasteiger partial charge in [-0.3, -0.25) is 10.1 Å². The van der Waals surface area contributed by atoms with Crippen molar-refractivity contribution in [1.29, 1.82) is 0 Å². The highest BCUT2D eigenvalue weighted by Gasteiger charge is 2.35. The summed E-state index contributed by atoms with van der Waals surface area (Å²) in [5.74, 6) is 1.75. The molecule has 0 spiro atoms. The van der Waals surface area contributed by atoms with Gasteiger partial charge < -0.3 is 10.4 Å². The van der Waals surface area contributed by atoms with E-state index >= 15 is 0 Å². The molecule has 16 heavy (non-hydrogen) atoms. The Labute approximate surface area is 101 Å². The Hall–Kier alpha value is -0.260. The van der Waals surface area contributed by atoms with Crippen LogP contribution in [0.4, 0.5) is 0 Å². The van der Waals surface area contributed by atoms with E-state index in [0.29, 0.717) is 0 Å². The van der Waals surface area contributed by atoms with Gasteiger partial charge in [0.05, 0.1) is 18.2 Å². The fourth-order valence-corrected chi connectivity index (χ4v) is 3.41. The number of aliphatic hydroxyl groups is 1. The maximum atomic E-state index is 12.0. The summed E-state index contributed by atoms with van der Waals surface area (Å²) in [5.41, 5.74) is -0.343. The van der Waals surface area contributed by atoms with Crippen LogP contribution in [0.25, 0.3) is 0 Å². The SMILES string of the molecule is O=C(NC1(CO)CCCCC1)C1CSCN1. The monoisotopic (exact) mass is 244 g/mol. The van der Waals surface area contributed by atoms with Crippen molar-refractivity contribution in [3.05, 3.63) is 0 Å². The van der Waals surface area contributed by atoms with Crippen LogP contribution in [0.15, 0.2) is 0 Å². The second-order valence-electron chi connectivity index (χ2n) is 4.76. The number of thioether (sulfide) groups is 1. The van der Waals surface area contributed by atoms with Crippen molar-refractivity contribution in [3.63, 3.8) is 0 Å². The van der Waals surface area contributed by atoms with Crippen LogP contribution < -0.4 is 10.6 Å². The van der Waals surface area contributed by atoms with E-state index in [1.54, 1.807) is 11.8 Å². The molecule has 1 amide bonds. The second-order valence-corrected chi connectivity index (χ2v) is 5.79. The Morgan fingerprint density at radius 3 is 2.75 bits per heavy atom. The third-order valence-electron chi connectivity index (χ3n) is 3.53. The summed E-state index contributed by atoms with van der Waals surface area (Å²) in [6.07, 6.45) is 5.25. The van der Waals surface area contributed by atoms with Crippen LogP contribution >= 0.6 is 11.8 Å². The Morgan fingerprint density at radius 1 is 1.44 bits per heavy atom. The van der Waals surface area contributed by atoms with Gasteiger partial charge in [0.15, 0.2) is 0 Å². The van der Waals surface area contributed by atoms with Gasteiger partial charge in [-0.2, -0.15) is 0 Å². The highest BCUT2D eigenvalue weighted by Crippen LogP contribution is 2.28. The van der Waals surface area contributed by atoms with E-state index in [-0.39, 0.29) is 24.1 Å². The summed E-state index contributed by atoms with van der Waals surface area (Å²) < 4.78 is 0. The normalized spacial score (nSPS) is 28.9. The fraction of sp³-hybridized carbons (Fsp3) is 0.909. The molecule has 0 radical (unpaired) electrons. The van der Waals surface area contributed by atoms with Crippen LogP contribution in [0.2, 0.25) is 0 Å². The first-order valence-corrected chi connectivity index (χ1v) is 7.15. The standard InChI is InChI=1S/C11H20N2O2S/c14-7-11(4-2-1-3-5-11)13-10(15)9-6-16-8-12-9/h9,12,14H,1-8H2,(H,13,15). The van der Waals surface area contributed by atoms with E-state index in [1.807, 2.05) is 0 Å². The van der Waals surface area contributed by atoms with Gasteiger partial charge in [-0.25, -0.2) is 0 Å². The molecular weight excluding hydrogens is 224 g/mol. The predicted molar refractivity (Wildman–Crippen MR) is 65.3 cm³/mol. The smallest absolute Gasteiger partial charge is 0.238 e. The Balaban J connectivity index is 1.91. The number of carbonyl (C=O) groups excluding carboxylic acids is 1. The van der Waals surface area contributed by atoms with Crippen molar-refractivity contribution in [1.82, 2.24) is 10.6 Å². The zero-order valence-electron chi connectivity index (χ0n) is 9.50. The van der Waals surface area contributed by atoms with Gasteiger partial charge in [-0.05, 0) is 12.8 Å². The number of amides is 1. The molecule has 1 saturated carbocycles. The summed E-state index contributed by atoms with van der Waals surface area (Å²) in [4.78, 5) is 12.0. The first kappa shape index (κ1) is 12.2. The van der Waals surface area contributed by atoms with Gasteiger partial charge in [0.1, 0.15) is 0 Å². The number of nitrogens with one attached hydrogen (secondary N) is 2. The number of hydrogen-bond acceptors (Lipinski definition) is 4. The molecular formula is C11H20N2O2S. The third-order valence-corrected chi connectivity index (χ3v) is 4.47. The van der Waals surface area contributed by atoms with Crippen molar-refractivity contribution < 1.29 is 9.90 Å². The van der Waals surface area contributed by atoms with Crippen molar-refractivity contribution in [2.24, 2.45) is 0 Å². The van der Waals surface area contributed by atoms with Gasteiger partial charge in [0.2, 0.25) is 5.91 Å². The predicted octanol–water partition coefficient (Wildman–Crippen LogP) is 0.460. The molecule has 4 nitrogen and oxygen atoms in total. The van der Waals surface area contributed by atoms with Crippen molar-refractivity contribution in [2.75, 3.05) is 18.2 Å². The fourth-order valence-electron chi connectivity index (χ4n) is 2.46. The summed E-state index contributed by atoms with van der Waals surface area (Å²) in [7, 11) is 0. The van der Waals surface area contributed by atoms with Crippen LogP contribution in [-0.4, -0.2) is 40.8 Å². The maximum Gasteiger partial charge on any atom is 0.238 e. The molecule has 1 saturated heterocycles. The second kappa shape index (κ2) is 5.38. The largest absolute Gasteiger partial charge is 0.394 e.